The van der Waals surface area contributed by atoms with Gasteiger partial charge < -0.3 is 14.4 Å². The van der Waals surface area contributed by atoms with E-state index in [0.29, 0.717) is 6.04 Å². The number of nitrogens with one attached hydrogen (secondary N) is 1. The highest BCUT2D eigenvalue weighted by molar-refractivity contribution is 5.48. The molecule has 0 fully saturated rings. The van der Waals surface area contributed by atoms with E-state index in [-0.39, 0.29) is 0 Å². The first-order chi connectivity index (χ1) is 8.71. The fraction of sp³-hybridized carbons (Fsp3) is 0.467. The quantitative estimate of drug-likeness (QED) is 0.799. The minimum Gasteiger partial charge on any atom is -0.493 e. The molecule has 1 aliphatic heterocycles. The molecule has 1 N–H and O–H groups in total. The van der Waals surface area contributed by atoms with Crippen LogP contribution in [0.2, 0.25) is 0 Å². The first kappa shape index (κ1) is 12.8. The molecule has 0 saturated heterocycles. The SMILES string of the molecule is C#CC[NH+]1CCc2cc(OC)c(OC)cc2[C@H]1C. The van der Waals surface area contributed by atoms with E-state index in [1.54, 1.807) is 14.2 Å². The van der Waals surface area contributed by atoms with Crippen LogP contribution in [0.4, 0.5) is 0 Å². The standard InChI is InChI=1S/C15H19NO2/c1-5-7-16-8-6-12-9-14(17-3)15(18-4)10-13(12)11(16)2/h1,9-11H,6-8H2,2-4H3/p+1/t11-/m1/s1. The third-order valence-corrected chi connectivity index (χ3v) is 3.77. The zero-order valence-electron chi connectivity index (χ0n) is 11.2. The number of quaternary nitrogens is 1. The second-order valence-electron chi connectivity index (χ2n) is 4.67. The lowest BCUT2D eigenvalue weighted by molar-refractivity contribution is -0.925. The zero-order valence-corrected chi connectivity index (χ0v) is 11.2. The molecule has 0 amide bonds. The molecule has 0 bridgehead atoms. The van der Waals surface area contributed by atoms with Crippen molar-refractivity contribution in [2.75, 3.05) is 27.3 Å². The summed E-state index contributed by atoms with van der Waals surface area (Å²) in [6, 6.07) is 4.59. The molecular formula is C15H20NO2+. The van der Waals surface area contributed by atoms with Gasteiger partial charge in [0.25, 0.3) is 0 Å². The first-order valence-corrected chi connectivity index (χ1v) is 6.24. The van der Waals surface area contributed by atoms with Crippen molar-refractivity contribution >= 4 is 0 Å². The van der Waals surface area contributed by atoms with Gasteiger partial charge in [0.05, 0.1) is 20.8 Å². The molecule has 3 nitrogen and oxygen atoms in total. The summed E-state index contributed by atoms with van der Waals surface area (Å²) in [7, 11) is 3.34. The van der Waals surface area contributed by atoms with Crippen LogP contribution in [0.1, 0.15) is 24.1 Å². The lowest BCUT2D eigenvalue weighted by Crippen LogP contribution is -3.12. The van der Waals surface area contributed by atoms with Crippen LogP contribution >= 0.6 is 0 Å². The van der Waals surface area contributed by atoms with Crippen molar-refractivity contribution < 1.29 is 14.4 Å². The van der Waals surface area contributed by atoms with Crippen LogP contribution in [0.3, 0.4) is 0 Å². The Morgan fingerprint density at radius 3 is 2.61 bits per heavy atom. The molecular weight excluding hydrogens is 226 g/mol. The topological polar surface area (TPSA) is 22.9 Å². The van der Waals surface area contributed by atoms with E-state index >= 15 is 0 Å². The fourth-order valence-electron chi connectivity index (χ4n) is 2.66. The van der Waals surface area contributed by atoms with Crippen LogP contribution < -0.4 is 14.4 Å². The van der Waals surface area contributed by atoms with Gasteiger partial charge in [-0.2, -0.15) is 0 Å². The summed E-state index contributed by atoms with van der Waals surface area (Å²) in [5.74, 6) is 4.36. The molecule has 0 spiro atoms. The third kappa shape index (κ3) is 2.16. The predicted molar refractivity (Wildman–Crippen MR) is 71.2 cm³/mol. The maximum absolute atomic E-state index is 5.43. The molecule has 0 aliphatic carbocycles. The van der Waals surface area contributed by atoms with Gasteiger partial charge in [-0.05, 0) is 30.5 Å². The molecule has 1 unspecified atom stereocenters. The molecule has 0 aromatic heterocycles. The van der Waals surface area contributed by atoms with Gasteiger partial charge in [-0.3, -0.25) is 0 Å². The zero-order chi connectivity index (χ0) is 13.1. The molecule has 1 aliphatic rings. The van der Waals surface area contributed by atoms with Gasteiger partial charge in [0, 0.05) is 12.0 Å². The Kier molecular flexibility index (Phi) is 3.78. The van der Waals surface area contributed by atoms with E-state index < -0.39 is 0 Å². The molecule has 1 aromatic rings. The van der Waals surface area contributed by atoms with E-state index in [2.05, 4.69) is 25.0 Å². The Bertz CT molecular complexity index is 476. The van der Waals surface area contributed by atoms with E-state index in [1.165, 1.54) is 16.0 Å². The summed E-state index contributed by atoms with van der Waals surface area (Å²) in [6.45, 7) is 4.07. The van der Waals surface area contributed by atoms with Crippen molar-refractivity contribution in [1.82, 2.24) is 0 Å². The van der Waals surface area contributed by atoms with Gasteiger partial charge in [0.2, 0.25) is 0 Å². The van der Waals surface area contributed by atoms with Crippen molar-refractivity contribution in [3.8, 4) is 23.8 Å². The van der Waals surface area contributed by atoms with Crippen molar-refractivity contribution in [3.63, 3.8) is 0 Å². The number of hydrogen-bond donors (Lipinski definition) is 1. The van der Waals surface area contributed by atoms with Crippen molar-refractivity contribution in [3.05, 3.63) is 23.3 Å². The number of terminal acetylenes is 1. The largest absolute Gasteiger partial charge is 0.493 e. The van der Waals surface area contributed by atoms with Gasteiger partial charge in [-0.15, -0.1) is 6.42 Å². The number of methoxy groups -OCH3 is 2. The summed E-state index contributed by atoms with van der Waals surface area (Å²) in [6.07, 6.45) is 6.47. The molecule has 0 saturated carbocycles. The van der Waals surface area contributed by atoms with E-state index in [4.69, 9.17) is 15.9 Å². The Hall–Kier alpha value is -1.66. The maximum Gasteiger partial charge on any atom is 0.161 e. The Labute approximate surface area is 109 Å². The number of fused-ring (bicyclic) bond motifs is 1. The number of benzene rings is 1. The van der Waals surface area contributed by atoms with Gasteiger partial charge in [-0.25, -0.2) is 0 Å². The molecule has 96 valence electrons. The summed E-state index contributed by atoms with van der Waals surface area (Å²) in [5.41, 5.74) is 2.67. The molecule has 1 heterocycles. The summed E-state index contributed by atoms with van der Waals surface area (Å²) >= 11 is 0. The number of rotatable bonds is 3. The average molecular weight is 246 g/mol. The summed E-state index contributed by atoms with van der Waals surface area (Å²) in [5, 5.41) is 0. The fourth-order valence-corrected chi connectivity index (χ4v) is 2.66. The highest BCUT2D eigenvalue weighted by Gasteiger charge is 2.28. The van der Waals surface area contributed by atoms with Crippen LogP contribution in [0, 0.1) is 12.3 Å². The third-order valence-electron chi connectivity index (χ3n) is 3.77. The summed E-state index contributed by atoms with van der Waals surface area (Å²) < 4.78 is 10.7. The van der Waals surface area contributed by atoms with E-state index in [9.17, 15) is 0 Å². The normalized spacial score (nSPS) is 21.9. The highest BCUT2D eigenvalue weighted by Crippen LogP contribution is 2.33. The van der Waals surface area contributed by atoms with Crippen LogP contribution in [0.25, 0.3) is 0 Å². The lowest BCUT2D eigenvalue weighted by Gasteiger charge is -2.31. The van der Waals surface area contributed by atoms with Gasteiger partial charge >= 0.3 is 0 Å². The second-order valence-corrected chi connectivity index (χ2v) is 4.67. The lowest BCUT2D eigenvalue weighted by atomic mass is 9.93. The molecule has 2 rings (SSSR count). The highest BCUT2D eigenvalue weighted by atomic mass is 16.5. The van der Waals surface area contributed by atoms with Gasteiger partial charge in [0.15, 0.2) is 11.5 Å². The maximum atomic E-state index is 5.43. The van der Waals surface area contributed by atoms with Crippen molar-refractivity contribution in [2.45, 2.75) is 19.4 Å². The minimum atomic E-state index is 0.407. The van der Waals surface area contributed by atoms with Crippen LogP contribution in [0.15, 0.2) is 12.1 Å². The van der Waals surface area contributed by atoms with Crippen LogP contribution in [0.5, 0.6) is 11.5 Å². The van der Waals surface area contributed by atoms with Gasteiger partial charge in [0.1, 0.15) is 12.6 Å². The Morgan fingerprint density at radius 1 is 1.33 bits per heavy atom. The molecule has 1 aromatic carbocycles. The predicted octanol–water partition coefficient (Wildman–Crippen LogP) is 0.839. The monoisotopic (exact) mass is 246 g/mol. The first-order valence-electron chi connectivity index (χ1n) is 6.24. The molecule has 3 heteroatoms. The van der Waals surface area contributed by atoms with Crippen molar-refractivity contribution in [2.24, 2.45) is 0 Å². The number of ether oxygens (including phenoxy) is 2. The van der Waals surface area contributed by atoms with Crippen molar-refractivity contribution in [1.29, 1.82) is 0 Å². The van der Waals surface area contributed by atoms with Crippen LogP contribution in [-0.2, 0) is 6.42 Å². The Morgan fingerprint density at radius 2 is 2.00 bits per heavy atom. The summed E-state index contributed by atoms with van der Waals surface area (Å²) in [4.78, 5) is 1.44. The molecule has 2 atom stereocenters. The second kappa shape index (κ2) is 5.32. The smallest absolute Gasteiger partial charge is 0.161 e. The molecule has 18 heavy (non-hydrogen) atoms. The van der Waals surface area contributed by atoms with E-state index in [0.717, 1.165) is 31.0 Å². The van der Waals surface area contributed by atoms with Gasteiger partial charge in [-0.1, -0.05) is 0 Å². The minimum absolute atomic E-state index is 0.407. The Balaban J connectivity index is 2.39. The number of hydrogen-bond acceptors (Lipinski definition) is 2. The average Bonchev–Trinajstić information content (AvgIpc) is 2.41. The molecule has 0 radical (unpaired) electrons. The van der Waals surface area contributed by atoms with Crippen LogP contribution in [-0.4, -0.2) is 27.3 Å². The van der Waals surface area contributed by atoms with E-state index in [1.807, 2.05) is 0 Å².